The van der Waals surface area contributed by atoms with Gasteiger partial charge in [-0.3, -0.25) is 14.6 Å². The van der Waals surface area contributed by atoms with Crippen molar-refractivity contribution in [2.45, 2.75) is 52.0 Å². The summed E-state index contributed by atoms with van der Waals surface area (Å²) in [6.45, 7) is 5.60. The van der Waals surface area contributed by atoms with Crippen molar-refractivity contribution >= 4 is 54.0 Å². The first-order chi connectivity index (χ1) is 16.8. The highest BCUT2D eigenvalue weighted by atomic mass is 35.5. The van der Waals surface area contributed by atoms with Crippen LogP contribution in [0.4, 0.5) is 4.79 Å². The lowest BCUT2D eigenvalue weighted by atomic mass is 9.84. The number of carbonyl (C=O) groups excluding carboxylic acids is 3. The molecule has 4 rings (SSSR count). The maximum absolute atomic E-state index is 13.3. The van der Waals surface area contributed by atoms with Gasteiger partial charge >= 0.3 is 12.1 Å². The van der Waals surface area contributed by atoms with Gasteiger partial charge in [0.25, 0.3) is 5.91 Å². The number of methoxy groups -OCH3 is 1. The molecule has 2 aromatic rings. The molecule has 0 N–H and O–H groups in total. The number of aromatic nitrogens is 1. The van der Waals surface area contributed by atoms with E-state index in [1.807, 2.05) is 19.9 Å². The first kappa shape index (κ1) is 28.1. The van der Waals surface area contributed by atoms with Gasteiger partial charge in [-0.05, 0) is 56.2 Å². The molecule has 2 heterocycles. The summed E-state index contributed by atoms with van der Waals surface area (Å²) in [6.07, 6.45) is 3.09. The summed E-state index contributed by atoms with van der Waals surface area (Å²) in [6, 6.07) is 5.31. The average molecular weight is 536 g/mol. The summed E-state index contributed by atoms with van der Waals surface area (Å²) in [7, 11) is 1.40. The normalized spacial score (nSPS) is 19.3. The topological polar surface area (TPSA) is 89.0 Å². The van der Waals surface area contributed by atoms with Crippen molar-refractivity contribution in [3.8, 4) is 0 Å². The van der Waals surface area contributed by atoms with Gasteiger partial charge in [-0.15, -0.1) is 0 Å². The van der Waals surface area contributed by atoms with E-state index >= 15 is 0 Å². The van der Waals surface area contributed by atoms with Crippen LogP contribution in [0, 0.1) is 5.92 Å². The number of pyridine rings is 1. The standard InChI is InChI=1S/C26H32ClN3O5.H2S/c1-4-11-35-26(33)30-10-9-29(15-16(30)2)25(32)18-6-7-19-22(14-18)28-21-8-5-17(13-23(31)34-3)12-20(21)24(19)27;/h6-7,14,16-17H,4-5,8-13,15H2,1-3H3;1H2/t16-,17?;/m0./s1. The van der Waals surface area contributed by atoms with Gasteiger partial charge in [0.2, 0.25) is 0 Å². The quantitative estimate of drug-likeness (QED) is 0.528. The number of fused-ring (bicyclic) bond motifs is 2. The number of aryl methyl sites for hydroxylation is 1. The van der Waals surface area contributed by atoms with E-state index in [-0.39, 0.29) is 43.4 Å². The van der Waals surface area contributed by atoms with Gasteiger partial charge in [-0.25, -0.2) is 4.79 Å². The molecule has 1 aromatic heterocycles. The summed E-state index contributed by atoms with van der Waals surface area (Å²) in [4.78, 5) is 45.5. The molecule has 196 valence electrons. The third kappa shape index (κ3) is 5.89. The van der Waals surface area contributed by atoms with Crippen molar-refractivity contribution in [2.75, 3.05) is 33.4 Å². The van der Waals surface area contributed by atoms with Crippen LogP contribution in [0.3, 0.4) is 0 Å². The molecule has 1 fully saturated rings. The SMILES string of the molecule is CCCOC(=O)N1CCN(C(=O)c2ccc3c(Cl)c4c(nc3c2)CCC(CC(=O)OC)C4)C[C@@H]1C.S. The zero-order valence-corrected chi connectivity index (χ0v) is 22.8. The number of carbonyl (C=O) groups is 3. The summed E-state index contributed by atoms with van der Waals surface area (Å²) >= 11 is 6.78. The fourth-order valence-corrected chi connectivity index (χ4v) is 5.30. The maximum Gasteiger partial charge on any atom is 0.410 e. The van der Waals surface area contributed by atoms with Crippen LogP contribution in [0.2, 0.25) is 5.02 Å². The minimum absolute atomic E-state index is 0. The van der Waals surface area contributed by atoms with Crippen LogP contribution in [0.1, 0.15) is 54.7 Å². The van der Waals surface area contributed by atoms with E-state index < -0.39 is 0 Å². The van der Waals surface area contributed by atoms with Crippen LogP contribution in [0.25, 0.3) is 10.9 Å². The first-order valence-corrected chi connectivity index (χ1v) is 12.6. The van der Waals surface area contributed by atoms with Gasteiger partial charge in [-0.1, -0.05) is 24.6 Å². The van der Waals surface area contributed by atoms with E-state index in [2.05, 4.69) is 0 Å². The average Bonchev–Trinajstić information content (AvgIpc) is 2.86. The molecule has 0 spiro atoms. The van der Waals surface area contributed by atoms with Gasteiger partial charge in [0.1, 0.15) is 0 Å². The molecule has 1 aliphatic carbocycles. The highest BCUT2D eigenvalue weighted by Gasteiger charge is 2.31. The monoisotopic (exact) mass is 535 g/mol. The molecule has 10 heteroatoms. The Morgan fingerprint density at radius 3 is 2.69 bits per heavy atom. The fraction of sp³-hybridized carbons (Fsp3) is 0.538. The van der Waals surface area contributed by atoms with Crippen molar-refractivity contribution in [3.05, 3.63) is 40.0 Å². The Hall–Kier alpha value is -2.52. The highest BCUT2D eigenvalue weighted by molar-refractivity contribution is 7.59. The molecule has 2 atom stereocenters. The van der Waals surface area contributed by atoms with E-state index in [0.717, 1.165) is 35.9 Å². The number of nitrogens with zero attached hydrogens (tertiary/aromatic N) is 3. The number of hydrogen-bond acceptors (Lipinski definition) is 6. The van der Waals surface area contributed by atoms with Crippen molar-refractivity contribution in [3.63, 3.8) is 0 Å². The van der Waals surface area contributed by atoms with Gasteiger partial charge in [0.15, 0.2) is 0 Å². The van der Waals surface area contributed by atoms with Crippen molar-refractivity contribution in [2.24, 2.45) is 5.92 Å². The number of esters is 1. The predicted octanol–water partition coefficient (Wildman–Crippen LogP) is 4.36. The Labute approximate surface area is 223 Å². The Kier molecular flexibility index (Phi) is 9.47. The molecule has 2 amide bonds. The van der Waals surface area contributed by atoms with E-state index in [4.69, 9.17) is 26.1 Å². The molecule has 1 saturated heterocycles. The minimum atomic E-state index is -0.324. The highest BCUT2D eigenvalue weighted by Crippen LogP contribution is 2.36. The van der Waals surface area contributed by atoms with Crippen LogP contribution in [-0.2, 0) is 27.1 Å². The third-order valence-corrected chi connectivity index (χ3v) is 7.33. The molecule has 1 unspecified atom stereocenters. The van der Waals surface area contributed by atoms with E-state index in [1.165, 1.54) is 7.11 Å². The second kappa shape index (κ2) is 12.1. The van der Waals surface area contributed by atoms with Crippen LogP contribution in [0.15, 0.2) is 18.2 Å². The van der Waals surface area contributed by atoms with E-state index in [1.54, 1.807) is 21.9 Å². The molecule has 8 nitrogen and oxygen atoms in total. The van der Waals surface area contributed by atoms with Gasteiger partial charge < -0.3 is 19.3 Å². The minimum Gasteiger partial charge on any atom is -0.469 e. The zero-order chi connectivity index (χ0) is 25.1. The number of rotatable bonds is 5. The molecule has 0 bridgehead atoms. The predicted molar refractivity (Wildman–Crippen MR) is 143 cm³/mol. The molecule has 0 saturated carbocycles. The van der Waals surface area contributed by atoms with Gasteiger partial charge in [-0.2, -0.15) is 13.5 Å². The van der Waals surface area contributed by atoms with Gasteiger partial charge in [0.05, 0.1) is 24.3 Å². The van der Waals surface area contributed by atoms with Crippen LogP contribution < -0.4 is 0 Å². The molecule has 1 aromatic carbocycles. The van der Waals surface area contributed by atoms with E-state index in [9.17, 15) is 14.4 Å². The summed E-state index contributed by atoms with van der Waals surface area (Å²) in [5.41, 5.74) is 3.16. The number of piperazine rings is 1. The Bertz CT molecular complexity index is 1140. The molecule has 2 aliphatic rings. The molecular formula is C26H34ClN3O5S. The first-order valence-electron chi connectivity index (χ1n) is 12.2. The number of amides is 2. The van der Waals surface area contributed by atoms with Crippen molar-refractivity contribution in [1.29, 1.82) is 0 Å². The van der Waals surface area contributed by atoms with Crippen molar-refractivity contribution < 1.29 is 23.9 Å². The van der Waals surface area contributed by atoms with Crippen LogP contribution in [-0.4, -0.2) is 72.1 Å². The summed E-state index contributed by atoms with van der Waals surface area (Å²) in [5.74, 6) is -0.110. The third-order valence-electron chi connectivity index (χ3n) is 6.89. The smallest absolute Gasteiger partial charge is 0.410 e. The van der Waals surface area contributed by atoms with Crippen LogP contribution in [0.5, 0.6) is 0 Å². The lowest BCUT2D eigenvalue weighted by molar-refractivity contribution is -0.141. The number of hydrogen-bond donors (Lipinski definition) is 0. The molecule has 36 heavy (non-hydrogen) atoms. The zero-order valence-electron chi connectivity index (χ0n) is 21.0. The summed E-state index contributed by atoms with van der Waals surface area (Å²) in [5, 5.41) is 1.45. The Morgan fingerprint density at radius 2 is 2.00 bits per heavy atom. The largest absolute Gasteiger partial charge is 0.469 e. The second-order valence-electron chi connectivity index (χ2n) is 9.38. The number of halogens is 1. The van der Waals surface area contributed by atoms with Gasteiger partial charge in [0, 0.05) is 48.7 Å². The Morgan fingerprint density at radius 1 is 1.22 bits per heavy atom. The van der Waals surface area contributed by atoms with E-state index in [0.29, 0.717) is 55.2 Å². The van der Waals surface area contributed by atoms with Crippen molar-refractivity contribution in [1.82, 2.24) is 14.8 Å². The maximum atomic E-state index is 13.3. The molecule has 0 radical (unpaired) electrons. The number of ether oxygens (including phenoxy) is 2. The lowest BCUT2D eigenvalue weighted by Gasteiger charge is -2.39. The Balaban J connectivity index is 0.00000361. The van der Waals surface area contributed by atoms with Crippen LogP contribution >= 0.6 is 25.1 Å². The fourth-order valence-electron chi connectivity index (χ4n) is 4.95. The second-order valence-corrected chi connectivity index (χ2v) is 9.76. The summed E-state index contributed by atoms with van der Waals surface area (Å²) < 4.78 is 10.1. The molecule has 1 aliphatic heterocycles. The molecular weight excluding hydrogens is 502 g/mol. The lowest BCUT2D eigenvalue weighted by Crippen LogP contribution is -2.55. The number of benzene rings is 1.